The number of unbranched alkanes of at least 4 members (excludes halogenated alkanes) is 26. The molecule has 0 aliphatic carbocycles. The molecule has 66 heavy (non-hydrogen) atoms. The summed E-state index contributed by atoms with van der Waals surface area (Å²) in [4.78, 5) is 25.5. The minimum Gasteiger partial charge on any atom is -0.462 e. The Labute approximate surface area is 409 Å². The lowest BCUT2D eigenvalue weighted by Gasteiger charge is -2.18. The molecule has 0 aliphatic heterocycles. The van der Waals surface area contributed by atoms with Crippen LogP contribution in [0.3, 0.4) is 0 Å². The van der Waals surface area contributed by atoms with Gasteiger partial charge in [-0.15, -0.1) is 0 Å². The Kier molecular flexibility index (Phi) is 53.9. The lowest BCUT2D eigenvalue weighted by atomic mass is 10.1. The van der Waals surface area contributed by atoms with Gasteiger partial charge in [0.2, 0.25) is 0 Å². The van der Waals surface area contributed by atoms with Gasteiger partial charge in [-0.3, -0.25) is 9.59 Å². The van der Waals surface area contributed by atoms with Gasteiger partial charge in [-0.1, -0.05) is 221 Å². The molecule has 0 bridgehead atoms. The minimum absolute atomic E-state index is 0.0606. The zero-order chi connectivity index (χ0) is 47.7. The largest absolute Gasteiger partial charge is 0.462 e. The van der Waals surface area contributed by atoms with Gasteiger partial charge in [-0.05, 0) is 116 Å². The molecule has 0 rings (SSSR count). The highest BCUT2D eigenvalue weighted by Crippen LogP contribution is 2.14. The predicted octanol–water partition coefficient (Wildman–Crippen LogP) is 19.2. The third-order valence-corrected chi connectivity index (χ3v) is 11.9. The summed E-state index contributed by atoms with van der Waals surface area (Å²) in [5.41, 5.74) is 0. The van der Waals surface area contributed by atoms with E-state index in [2.05, 4.69) is 106 Å². The van der Waals surface area contributed by atoms with Crippen LogP contribution < -0.4 is 0 Å². The molecule has 5 heteroatoms. The van der Waals surface area contributed by atoms with E-state index in [0.717, 1.165) is 83.5 Å². The number of hydrogen-bond donors (Lipinski definition) is 0. The van der Waals surface area contributed by atoms with Crippen LogP contribution in [0.5, 0.6) is 0 Å². The normalized spacial score (nSPS) is 12.8. The first-order valence-corrected chi connectivity index (χ1v) is 28.1. The first kappa shape index (κ1) is 63.1. The van der Waals surface area contributed by atoms with Crippen molar-refractivity contribution in [3.05, 3.63) is 85.1 Å². The van der Waals surface area contributed by atoms with Crippen LogP contribution >= 0.6 is 0 Å². The molecule has 0 radical (unpaired) electrons. The molecule has 1 atom stereocenters. The van der Waals surface area contributed by atoms with Crippen molar-refractivity contribution in [1.82, 2.24) is 0 Å². The average Bonchev–Trinajstić information content (AvgIpc) is 3.32. The van der Waals surface area contributed by atoms with E-state index in [1.807, 2.05) is 0 Å². The van der Waals surface area contributed by atoms with E-state index in [1.165, 1.54) is 148 Å². The number of esters is 2. The predicted molar refractivity (Wildman–Crippen MR) is 288 cm³/mol. The average molecular weight is 920 g/mol. The third-order valence-electron chi connectivity index (χ3n) is 11.9. The molecular weight excluding hydrogens is 813 g/mol. The molecular formula is C61H106O5. The maximum atomic E-state index is 12.8. The number of rotatable bonds is 51. The SMILES string of the molecule is CC/C=C\C/C=C\C/C=C\C/C=C\CCCCC(=O)OC(COCCCCCCCCCC/C=C\CCCCCCCC)COC(=O)CCCCCCCCC/C=C\C/C=C\CCCCC. The highest BCUT2D eigenvalue weighted by Gasteiger charge is 2.17. The van der Waals surface area contributed by atoms with Crippen LogP contribution in [0.4, 0.5) is 0 Å². The Hall–Kier alpha value is -2.92. The van der Waals surface area contributed by atoms with E-state index in [4.69, 9.17) is 14.2 Å². The van der Waals surface area contributed by atoms with E-state index in [0.29, 0.717) is 19.4 Å². The van der Waals surface area contributed by atoms with Gasteiger partial charge in [0, 0.05) is 19.4 Å². The van der Waals surface area contributed by atoms with Gasteiger partial charge in [-0.2, -0.15) is 0 Å². The van der Waals surface area contributed by atoms with Crippen molar-refractivity contribution in [2.24, 2.45) is 0 Å². The van der Waals surface area contributed by atoms with Crippen LogP contribution in [0, 0.1) is 0 Å². The summed E-state index contributed by atoms with van der Waals surface area (Å²) >= 11 is 0. The highest BCUT2D eigenvalue weighted by molar-refractivity contribution is 5.70. The summed E-state index contributed by atoms with van der Waals surface area (Å²) in [5.74, 6) is -0.452. The van der Waals surface area contributed by atoms with Crippen molar-refractivity contribution in [2.75, 3.05) is 19.8 Å². The van der Waals surface area contributed by atoms with Crippen LogP contribution in [0.15, 0.2) is 85.1 Å². The summed E-state index contributed by atoms with van der Waals surface area (Å²) < 4.78 is 17.4. The summed E-state index contributed by atoms with van der Waals surface area (Å²) in [5, 5.41) is 0. The second kappa shape index (κ2) is 56.4. The molecule has 0 saturated heterocycles. The van der Waals surface area contributed by atoms with Gasteiger partial charge in [0.25, 0.3) is 0 Å². The number of hydrogen-bond acceptors (Lipinski definition) is 5. The fraction of sp³-hybridized carbons (Fsp3) is 0.738. The standard InChI is InChI=1S/C61H106O5/c1-4-7-10-13-16-19-22-25-28-30-32-35-38-41-44-47-50-53-56-64-57-59(66-61(63)55-52-49-46-43-40-37-33-27-24-21-18-15-12-9-6-3)58-65-60(62)54-51-48-45-42-39-36-34-31-29-26-23-20-17-14-11-8-5-2/h9,12,17-18,20-21,25-29,33,40,43,59H,4-8,10-11,13-16,19,22-24,30-32,34-39,41-42,44-58H2,1-3H3/b12-9-,20-17-,21-18-,28-25-,29-26-,33-27-,43-40-. The van der Waals surface area contributed by atoms with Crippen molar-refractivity contribution < 1.29 is 23.8 Å². The zero-order valence-corrected chi connectivity index (χ0v) is 43.7. The molecule has 0 spiro atoms. The first-order valence-electron chi connectivity index (χ1n) is 28.1. The molecule has 380 valence electrons. The number of ether oxygens (including phenoxy) is 3. The second-order valence-electron chi connectivity index (χ2n) is 18.4. The van der Waals surface area contributed by atoms with Gasteiger partial charge < -0.3 is 14.2 Å². The summed E-state index contributed by atoms with van der Waals surface area (Å²) in [6.07, 6.45) is 74.6. The van der Waals surface area contributed by atoms with Crippen molar-refractivity contribution in [1.29, 1.82) is 0 Å². The third kappa shape index (κ3) is 53.7. The van der Waals surface area contributed by atoms with Crippen LogP contribution in [-0.4, -0.2) is 37.9 Å². The van der Waals surface area contributed by atoms with Crippen LogP contribution in [-0.2, 0) is 23.8 Å². The maximum Gasteiger partial charge on any atom is 0.306 e. The van der Waals surface area contributed by atoms with E-state index in [1.54, 1.807) is 0 Å². The fourth-order valence-electron chi connectivity index (χ4n) is 7.70. The van der Waals surface area contributed by atoms with Gasteiger partial charge in [0.15, 0.2) is 6.10 Å². The van der Waals surface area contributed by atoms with Crippen molar-refractivity contribution in [3.63, 3.8) is 0 Å². The Morgan fingerprint density at radius 2 is 0.682 bits per heavy atom. The second-order valence-corrected chi connectivity index (χ2v) is 18.4. The molecule has 1 unspecified atom stereocenters. The van der Waals surface area contributed by atoms with Crippen molar-refractivity contribution in [2.45, 2.75) is 271 Å². The van der Waals surface area contributed by atoms with E-state index < -0.39 is 6.10 Å². The summed E-state index contributed by atoms with van der Waals surface area (Å²) in [6.45, 7) is 7.64. The Bertz CT molecular complexity index is 1220. The molecule has 0 amide bonds. The molecule has 0 aliphatic rings. The monoisotopic (exact) mass is 919 g/mol. The van der Waals surface area contributed by atoms with Gasteiger partial charge in [0.05, 0.1) is 6.61 Å². The molecule has 0 N–H and O–H groups in total. The molecule has 0 aromatic carbocycles. The quantitative estimate of drug-likeness (QED) is 0.0346. The highest BCUT2D eigenvalue weighted by atomic mass is 16.6. The van der Waals surface area contributed by atoms with Gasteiger partial charge in [0.1, 0.15) is 6.61 Å². The van der Waals surface area contributed by atoms with Gasteiger partial charge >= 0.3 is 11.9 Å². The maximum absolute atomic E-state index is 12.8. The van der Waals surface area contributed by atoms with Crippen LogP contribution in [0.25, 0.3) is 0 Å². The van der Waals surface area contributed by atoms with E-state index >= 15 is 0 Å². The minimum atomic E-state index is -0.567. The molecule has 0 saturated carbocycles. The summed E-state index contributed by atoms with van der Waals surface area (Å²) in [7, 11) is 0. The topological polar surface area (TPSA) is 61.8 Å². The fourth-order valence-corrected chi connectivity index (χ4v) is 7.70. The first-order chi connectivity index (χ1) is 32.6. The lowest BCUT2D eigenvalue weighted by Crippen LogP contribution is -2.30. The van der Waals surface area contributed by atoms with E-state index in [9.17, 15) is 9.59 Å². The molecule has 0 aromatic rings. The Morgan fingerprint density at radius 3 is 1.17 bits per heavy atom. The Balaban J connectivity index is 4.34. The number of allylic oxidation sites excluding steroid dienone is 14. The van der Waals surface area contributed by atoms with Crippen LogP contribution in [0.1, 0.15) is 265 Å². The zero-order valence-electron chi connectivity index (χ0n) is 43.7. The number of carbonyl (C=O) groups is 2. The smallest absolute Gasteiger partial charge is 0.306 e. The molecule has 0 heterocycles. The van der Waals surface area contributed by atoms with Crippen LogP contribution in [0.2, 0.25) is 0 Å². The van der Waals surface area contributed by atoms with Crippen molar-refractivity contribution in [3.8, 4) is 0 Å². The van der Waals surface area contributed by atoms with E-state index in [-0.39, 0.29) is 25.2 Å². The van der Waals surface area contributed by atoms with Crippen molar-refractivity contribution >= 4 is 11.9 Å². The Morgan fingerprint density at radius 1 is 0.348 bits per heavy atom. The summed E-state index contributed by atoms with van der Waals surface area (Å²) in [6, 6.07) is 0. The lowest BCUT2D eigenvalue weighted by molar-refractivity contribution is -0.163. The number of carbonyl (C=O) groups excluding carboxylic acids is 2. The molecule has 0 fully saturated rings. The molecule has 5 nitrogen and oxygen atoms in total. The van der Waals surface area contributed by atoms with Gasteiger partial charge in [-0.25, -0.2) is 0 Å². The molecule has 0 aromatic heterocycles.